The lowest BCUT2D eigenvalue weighted by Gasteiger charge is -2.32. The SMILES string of the molecule is CC.CC(C)N[C@@H]1CCN[C@H](c2ccc(F)cc2F)C1.[HH]. The van der Waals surface area contributed by atoms with E-state index in [9.17, 15) is 8.78 Å². The molecule has 0 amide bonds. The predicted octanol–water partition coefficient (Wildman–Crippen LogP) is 4.03. The number of hydrogen-bond donors (Lipinski definition) is 2. The molecule has 0 aliphatic carbocycles. The minimum Gasteiger partial charge on any atom is -0.312 e. The van der Waals surface area contributed by atoms with Crippen molar-refractivity contribution in [3.05, 3.63) is 35.4 Å². The van der Waals surface area contributed by atoms with E-state index < -0.39 is 11.6 Å². The van der Waals surface area contributed by atoms with Crippen LogP contribution in [0.25, 0.3) is 0 Å². The van der Waals surface area contributed by atoms with Crippen LogP contribution in [0.1, 0.15) is 53.6 Å². The molecule has 0 aromatic heterocycles. The fourth-order valence-electron chi connectivity index (χ4n) is 2.56. The Morgan fingerprint density at radius 2 is 2.00 bits per heavy atom. The molecule has 1 heterocycles. The Labute approximate surface area is 122 Å². The minimum atomic E-state index is -0.524. The Morgan fingerprint density at radius 1 is 1.30 bits per heavy atom. The van der Waals surface area contributed by atoms with Gasteiger partial charge < -0.3 is 10.6 Å². The summed E-state index contributed by atoms with van der Waals surface area (Å²) in [7, 11) is 0. The molecule has 2 N–H and O–H groups in total. The Morgan fingerprint density at radius 3 is 2.60 bits per heavy atom. The van der Waals surface area contributed by atoms with Crippen LogP contribution in [-0.4, -0.2) is 18.6 Å². The maximum atomic E-state index is 13.7. The lowest BCUT2D eigenvalue weighted by Crippen LogP contribution is -2.44. The average Bonchev–Trinajstić information content (AvgIpc) is 2.40. The van der Waals surface area contributed by atoms with Gasteiger partial charge in [0.1, 0.15) is 11.6 Å². The van der Waals surface area contributed by atoms with Crippen molar-refractivity contribution in [1.82, 2.24) is 10.6 Å². The standard InChI is InChI=1S/C14H20F2N2.C2H6.H2/c1-9(2)18-11-5-6-17-14(8-11)12-4-3-10(15)7-13(12)16;1-2;/h3-4,7,9,11,14,17-18H,5-6,8H2,1-2H3;1-2H3;1H/t11-,14+;;/m1../s1. The molecule has 2 nitrogen and oxygen atoms in total. The van der Waals surface area contributed by atoms with E-state index in [2.05, 4.69) is 24.5 Å². The molecule has 1 aromatic carbocycles. The van der Waals surface area contributed by atoms with Crippen molar-refractivity contribution in [1.29, 1.82) is 0 Å². The molecule has 1 saturated heterocycles. The second-order valence-corrected chi connectivity index (χ2v) is 5.22. The van der Waals surface area contributed by atoms with Crippen molar-refractivity contribution in [2.75, 3.05) is 6.54 Å². The molecule has 0 saturated carbocycles. The Hall–Kier alpha value is -1.00. The third-order valence-corrected chi connectivity index (χ3v) is 3.31. The van der Waals surface area contributed by atoms with Crippen LogP contribution in [-0.2, 0) is 0 Å². The average molecular weight is 286 g/mol. The Bertz CT molecular complexity index is 413. The highest BCUT2D eigenvalue weighted by atomic mass is 19.1. The minimum absolute atomic E-state index is 0. The molecule has 1 aromatic rings. The molecule has 116 valence electrons. The van der Waals surface area contributed by atoms with Gasteiger partial charge in [0.15, 0.2) is 0 Å². The van der Waals surface area contributed by atoms with E-state index in [0.29, 0.717) is 17.6 Å². The van der Waals surface area contributed by atoms with Gasteiger partial charge in [0, 0.05) is 31.2 Å². The molecule has 1 aliphatic heterocycles. The van der Waals surface area contributed by atoms with E-state index in [1.807, 2.05) is 13.8 Å². The van der Waals surface area contributed by atoms with E-state index in [4.69, 9.17) is 0 Å². The van der Waals surface area contributed by atoms with Crippen molar-refractivity contribution in [2.24, 2.45) is 0 Å². The number of piperidine rings is 1. The molecule has 4 heteroatoms. The van der Waals surface area contributed by atoms with Crippen LogP contribution in [0.2, 0.25) is 0 Å². The maximum absolute atomic E-state index is 13.7. The predicted molar refractivity (Wildman–Crippen MR) is 81.9 cm³/mol. The second kappa shape index (κ2) is 8.32. The summed E-state index contributed by atoms with van der Waals surface area (Å²) in [5, 5.41) is 6.77. The lowest BCUT2D eigenvalue weighted by atomic mass is 9.93. The van der Waals surface area contributed by atoms with Gasteiger partial charge in [-0.3, -0.25) is 0 Å². The highest BCUT2D eigenvalue weighted by Crippen LogP contribution is 2.26. The number of rotatable bonds is 3. The number of nitrogens with one attached hydrogen (secondary N) is 2. The van der Waals surface area contributed by atoms with Crippen LogP contribution < -0.4 is 10.6 Å². The first-order valence-corrected chi connectivity index (χ1v) is 7.50. The van der Waals surface area contributed by atoms with Crippen molar-refractivity contribution >= 4 is 0 Å². The summed E-state index contributed by atoms with van der Waals surface area (Å²) in [6.45, 7) is 9.07. The zero-order valence-electron chi connectivity index (χ0n) is 12.8. The van der Waals surface area contributed by atoms with Crippen LogP contribution in [0, 0.1) is 11.6 Å². The fourth-order valence-corrected chi connectivity index (χ4v) is 2.56. The molecular weight excluding hydrogens is 258 g/mol. The molecule has 20 heavy (non-hydrogen) atoms. The molecule has 2 rings (SSSR count). The fraction of sp³-hybridized carbons (Fsp3) is 0.625. The van der Waals surface area contributed by atoms with Gasteiger partial charge in [-0.15, -0.1) is 0 Å². The van der Waals surface area contributed by atoms with Gasteiger partial charge >= 0.3 is 0 Å². The smallest absolute Gasteiger partial charge is 0.130 e. The summed E-state index contributed by atoms with van der Waals surface area (Å²) in [5.74, 6) is -0.985. The molecule has 0 bridgehead atoms. The van der Waals surface area contributed by atoms with Crippen molar-refractivity contribution < 1.29 is 10.2 Å². The highest BCUT2D eigenvalue weighted by molar-refractivity contribution is 5.23. The van der Waals surface area contributed by atoms with Crippen molar-refractivity contribution in [3.8, 4) is 0 Å². The van der Waals surface area contributed by atoms with Crippen LogP contribution in [0.15, 0.2) is 18.2 Å². The summed E-state index contributed by atoms with van der Waals surface area (Å²) < 4.78 is 26.6. The molecule has 0 radical (unpaired) electrons. The topological polar surface area (TPSA) is 24.1 Å². The molecule has 0 spiro atoms. The molecule has 0 unspecified atom stereocenters. The van der Waals surface area contributed by atoms with E-state index in [-0.39, 0.29) is 7.47 Å². The van der Waals surface area contributed by atoms with E-state index in [1.165, 1.54) is 6.07 Å². The van der Waals surface area contributed by atoms with Crippen molar-refractivity contribution in [2.45, 2.75) is 58.7 Å². The first-order valence-electron chi connectivity index (χ1n) is 7.50. The molecule has 1 fully saturated rings. The number of hydrogen-bond acceptors (Lipinski definition) is 2. The zero-order valence-corrected chi connectivity index (χ0v) is 12.8. The first kappa shape index (κ1) is 17.1. The number of halogens is 2. The van der Waals surface area contributed by atoms with Crippen molar-refractivity contribution in [3.63, 3.8) is 0 Å². The molecular formula is C16H28F2N2. The van der Waals surface area contributed by atoms with Crippen LogP contribution in [0.5, 0.6) is 0 Å². The second-order valence-electron chi connectivity index (χ2n) is 5.22. The van der Waals surface area contributed by atoms with Gasteiger partial charge in [0.25, 0.3) is 0 Å². The van der Waals surface area contributed by atoms with Crippen LogP contribution in [0.3, 0.4) is 0 Å². The monoisotopic (exact) mass is 286 g/mol. The van der Waals surface area contributed by atoms with Gasteiger partial charge in [-0.2, -0.15) is 0 Å². The van der Waals surface area contributed by atoms with E-state index in [0.717, 1.165) is 25.5 Å². The summed E-state index contributed by atoms with van der Waals surface area (Å²) >= 11 is 0. The molecule has 1 aliphatic rings. The maximum Gasteiger partial charge on any atom is 0.130 e. The highest BCUT2D eigenvalue weighted by Gasteiger charge is 2.24. The summed E-state index contributed by atoms with van der Waals surface area (Å²) in [6, 6.07) is 4.60. The zero-order chi connectivity index (χ0) is 15.1. The van der Waals surface area contributed by atoms with Gasteiger partial charge in [-0.25, -0.2) is 8.78 Å². The van der Waals surface area contributed by atoms with E-state index in [1.54, 1.807) is 6.07 Å². The normalized spacial score (nSPS) is 22.4. The van der Waals surface area contributed by atoms with Gasteiger partial charge in [-0.05, 0) is 25.5 Å². The largest absolute Gasteiger partial charge is 0.312 e. The van der Waals surface area contributed by atoms with Gasteiger partial charge in [-0.1, -0.05) is 33.8 Å². The molecule has 2 atom stereocenters. The summed E-state index contributed by atoms with van der Waals surface area (Å²) in [6.07, 6.45) is 1.87. The third kappa shape index (κ3) is 4.84. The quantitative estimate of drug-likeness (QED) is 0.876. The van der Waals surface area contributed by atoms with Crippen LogP contribution in [0.4, 0.5) is 8.78 Å². The Kier molecular flexibility index (Phi) is 7.10. The summed E-state index contributed by atoms with van der Waals surface area (Å²) in [5.41, 5.74) is 0.562. The Balaban J connectivity index is 0.00000128. The van der Waals surface area contributed by atoms with Crippen LogP contribution >= 0.6 is 0 Å². The summed E-state index contributed by atoms with van der Waals surface area (Å²) in [4.78, 5) is 0. The first-order chi connectivity index (χ1) is 9.56. The van der Waals surface area contributed by atoms with Gasteiger partial charge in [0.05, 0.1) is 0 Å². The third-order valence-electron chi connectivity index (χ3n) is 3.31. The lowest BCUT2D eigenvalue weighted by molar-refractivity contribution is 0.304. The van der Waals surface area contributed by atoms with Gasteiger partial charge in [0.2, 0.25) is 0 Å². The number of benzene rings is 1. The van der Waals surface area contributed by atoms with E-state index >= 15 is 0 Å².